The molecule has 1 aliphatic rings. The predicted molar refractivity (Wildman–Crippen MR) is 155 cm³/mol. The van der Waals surface area contributed by atoms with Crippen molar-refractivity contribution in [3.05, 3.63) is 71.6 Å². The zero-order valence-corrected chi connectivity index (χ0v) is 24.2. The minimum Gasteiger partial charge on any atom is -0.488 e. The number of ether oxygens (including phenoxy) is 1. The third kappa shape index (κ3) is 7.12. The first-order valence-corrected chi connectivity index (χ1v) is 15.3. The zero-order valence-electron chi connectivity index (χ0n) is 22.6. The number of nitrogens with zero attached hydrogens (tertiary/aromatic N) is 2. The molecule has 0 aliphatic carbocycles. The molecule has 12 heteroatoms. The van der Waals surface area contributed by atoms with Crippen LogP contribution in [0.2, 0.25) is 0 Å². The van der Waals surface area contributed by atoms with Gasteiger partial charge in [-0.25, -0.2) is 13.2 Å². The molecule has 1 aromatic heterocycles. The average molecular weight is 587 g/mol. The number of thiophene rings is 1. The van der Waals surface area contributed by atoms with Crippen LogP contribution in [0.15, 0.2) is 70.3 Å². The molecule has 0 spiro atoms. The van der Waals surface area contributed by atoms with Crippen LogP contribution in [-0.2, 0) is 21.2 Å². The molecular weight excluding hydrogens is 552 g/mol. The quantitative estimate of drug-likeness (QED) is 0.368. The largest absolute Gasteiger partial charge is 0.488 e. The van der Waals surface area contributed by atoms with Crippen LogP contribution in [0.5, 0.6) is 5.75 Å². The molecule has 4 rings (SSSR count). The number of aliphatic hydroxyl groups excluding tert-OH is 1. The summed E-state index contributed by atoms with van der Waals surface area (Å²) in [6.07, 6.45) is -0.545. The van der Waals surface area contributed by atoms with Crippen molar-refractivity contribution in [1.29, 1.82) is 0 Å². The molecule has 0 fully saturated rings. The summed E-state index contributed by atoms with van der Waals surface area (Å²) >= 11 is 1.10. The molecule has 0 saturated heterocycles. The number of amides is 3. The number of anilines is 2. The van der Waals surface area contributed by atoms with E-state index in [4.69, 9.17) is 4.74 Å². The van der Waals surface area contributed by atoms with Crippen molar-refractivity contribution >= 4 is 44.7 Å². The van der Waals surface area contributed by atoms with Crippen LogP contribution in [-0.4, -0.2) is 74.2 Å². The summed E-state index contributed by atoms with van der Waals surface area (Å²) < 4.78 is 34.8. The van der Waals surface area contributed by atoms with Crippen LogP contribution in [0.3, 0.4) is 0 Å². The lowest BCUT2D eigenvalue weighted by atomic mass is 10.0. The normalized spacial score (nSPS) is 18.4. The van der Waals surface area contributed by atoms with Crippen molar-refractivity contribution in [2.45, 2.75) is 36.6 Å². The van der Waals surface area contributed by atoms with E-state index in [1.165, 1.54) is 11.0 Å². The van der Waals surface area contributed by atoms with Crippen molar-refractivity contribution in [2.24, 2.45) is 5.92 Å². The predicted octanol–water partition coefficient (Wildman–Crippen LogP) is 3.86. The van der Waals surface area contributed by atoms with E-state index >= 15 is 0 Å². The molecule has 0 saturated carbocycles. The van der Waals surface area contributed by atoms with Crippen LogP contribution >= 0.6 is 11.3 Å². The molecule has 2 aromatic carbocycles. The van der Waals surface area contributed by atoms with Gasteiger partial charge < -0.3 is 25.0 Å². The number of aliphatic hydroxyl groups is 1. The number of likely N-dealkylation sites (N-methyl/N-ethyl adjacent to an activating group) is 1. The second-order valence-electron chi connectivity index (χ2n) is 9.92. The Kier molecular flexibility index (Phi) is 9.33. The van der Waals surface area contributed by atoms with E-state index in [0.717, 1.165) is 11.3 Å². The van der Waals surface area contributed by atoms with Crippen LogP contribution in [0.25, 0.3) is 0 Å². The molecule has 40 heavy (non-hydrogen) atoms. The first kappa shape index (κ1) is 29.4. The number of sulfonamides is 1. The van der Waals surface area contributed by atoms with Crippen LogP contribution in [0.1, 0.15) is 19.4 Å². The van der Waals surface area contributed by atoms with Crippen LogP contribution in [0, 0.1) is 5.92 Å². The maximum Gasteiger partial charge on any atom is 0.321 e. The highest BCUT2D eigenvalue weighted by Gasteiger charge is 2.32. The summed E-state index contributed by atoms with van der Waals surface area (Å²) in [5.41, 5.74) is 1.47. The average Bonchev–Trinajstić information content (AvgIpc) is 3.49. The van der Waals surface area contributed by atoms with Crippen LogP contribution in [0.4, 0.5) is 16.2 Å². The van der Waals surface area contributed by atoms with Gasteiger partial charge in [-0.15, -0.1) is 11.3 Å². The second kappa shape index (κ2) is 12.7. The number of urea groups is 1. The number of benzene rings is 2. The molecule has 3 atom stereocenters. The number of carbonyl (C=O) groups is 2. The molecule has 0 radical (unpaired) electrons. The Morgan fingerprint density at radius 3 is 2.60 bits per heavy atom. The van der Waals surface area contributed by atoms with Gasteiger partial charge in [0.1, 0.15) is 16.1 Å². The summed E-state index contributed by atoms with van der Waals surface area (Å²) in [5, 5.41) is 14.4. The third-order valence-corrected chi connectivity index (χ3v) is 9.53. The van der Waals surface area contributed by atoms with Gasteiger partial charge >= 0.3 is 6.03 Å². The summed E-state index contributed by atoms with van der Waals surface area (Å²) in [4.78, 5) is 29.4. The molecule has 10 nitrogen and oxygen atoms in total. The smallest absolute Gasteiger partial charge is 0.321 e. The molecule has 3 aromatic rings. The molecule has 214 valence electrons. The fraction of sp³-hybridized carbons (Fsp3) is 0.357. The summed E-state index contributed by atoms with van der Waals surface area (Å²) in [6.45, 7) is 4.03. The van der Waals surface area contributed by atoms with E-state index in [0.29, 0.717) is 29.2 Å². The monoisotopic (exact) mass is 586 g/mol. The van der Waals surface area contributed by atoms with E-state index in [1.807, 2.05) is 25.1 Å². The number of hydrogen-bond donors (Lipinski definition) is 3. The topological polar surface area (TPSA) is 128 Å². The van der Waals surface area contributed by atoms with Crippen molar-refractivity contribution < 1.29 is 27.9 Å². The summed E-state index contributed by atoms with van der Waals surface area (Å²) in [7, 11) is -2.11. The lowest BCUT2D eigenvalue weighted by Gasteiger charge is -2.34. The number of rotatable bonds is 8. The highest BCUT2D eigenvalue weighted by atomic mass is 32.2. The maximum absolute atomic E-state index is 13.4. The minimum atomic E-state index is -3.78. The third-order valence-electron chi connectivity index (χ3n) is 6.75. The fourth-order valence-corrected chi connectivity index (χ4v) is 6.47. The molecule has 1 aliphatic heterocycles. The Morgan fingerprint density at radius 1 is 1.18 bits per heavy atom. The summed E-state index contributed by atoms with van der Waals surface area (Å²) in [5.74, 6) is 0.0138. The molecule has 0 bridgehead atoms. The molecule has 2 heterocycles. The number of carbonyl (C=O) groups excluding carboxylic acids is 2. The molecule has 3 N–H and O–H groups in total. The Hall–Kier alpha value is -3.61. The van der Waals surface area contributed by atoms with E-state index in [-0.39, 0.29) is 41.6 Å². The molecule has 3 amide bonds. The van der Waals surface area contributed by atoms with Gasteiger partial charge in [0.2, 0.25) is 5.91 Å². The highest BCUT2D eigenvalue weighted by molar-refractivity contribution is 7.94. The number of para-hydroxylation sites is 1. The lowest BCUT2D eigenvalue weighted by molar-refractivity contribution is -0.134. The first-order chi connectivity index (χ1) is 19.1. The van der Waals surface area contributed by atoms with E-state index in [1.54, 1.807) is 60.6 Å². The first-order valence-electron chi connectivity index (χ1n) is 12.9. The van der Waals surface area contributed by atoms with Crippen molar-refractivity contribution in [2.75, 3.05) is 36.8 Å². The fourth-order valence-electron chi connectivity index (χ4n) is 4.43. The van der Waals surface area contributed by atoms with Gasteiger partial charge in [-0.05, 0) is 48.7 Å². The van der Waals surface area contributed by atoms with Gasteiger partial charge in [0.25, 0.3) is 10.0 Å². The number of nitrogens with one attached hydrogen (secondary N) is 2. The van der Waals surface area contributed by atoms with Gasteiger partial charge in [-0.2, -0.15) is 0 Å². The highest BCUT2D eigenvalue weighted by Crippen LogP contribution is 2.30. The van der Waals surface area contributed by atoms with Gasteiger partial charge in [0.15, 0.2) is 0 Å². The molecule has 0 unspecified atom stereocenters. The van der Waals surface area contributed by atoms with E-state index in [9.17, 15) is 23.1 Å². The van der Waals surface area contributed by atoms with Crippen molar-refractivity contribution in [3.63, 3.8) is 0 Å². The van der Waals surface area contributed by atoms with Crippen LogP contribution < -0.4 is 14.8 Å². The van der Waals surface area contributed by atoms with Crippen molar-refractivity contribution in [1.82, 2.24) is 9.80 Å². The number of fused-ring (bicyclic) bond motifs is 1. The lowest BCUT2D eigenvalue weighted by Crippen LogP contribution is -2.48. The minimum absolute atomic E-state index is 0.0436. The Bertz CT molecular complexity index is 1420. The van der Waals surface area contributed by atoms with E-state index < -0.39 is 22.2 Å². The second-order valence-corrected chi connectivity index (χ2v) is 12.8. The van der Waals surface area contributed by atoms with Crippen molar-refractivity contribution in [3.8, 4) is 5.75 Å². The standard InChI is InChI=1S/C28H34N4O6S2/c1-19-16-32(20(2)18-33)26(34)15-21-14-23(30-40(36,37)27-10-7-13-39-27)11-12-24(21)38-25(19)17-31(3)28(35)29-22-8-5-4-6-9-22/h4-14,19-20,25,30,33H,15-18H2,1-3H3,(H,29,35)/t19-,20-,25-/m0/s1. The number of hydrogen-bond acceptors (Lipinski definition) is 7. The van der Waals surface area contributed by atoms with Gasteiger partial charge in [-0.3, -0.25) is 9.52 Å². The molecular formula is C28H34N4O6S2. The SMILES string of the molecule is C[C@H]1CN([C@@H](C)CO)C(=O)Cc2cc(NS(=O)(=O)c3cccs3)ccc2O[C@H]1CN(C)C(=O)Nc1ccccc1. The summed E-state index contributed by atoms with van der Waals surface area (Å²) in [6, 6.07) is 16.4. The Balaban J connectivity index is 1.61. The Labute approximate surface area is 238 Å². The van der Waals surface area contributed by atoms with Gasteiger partial charge in [0.05, 0.1) is 25.6 Å². The van der Waals surface area contributed by atoms with Gasteiger partial charge in [0, 0.05) is 36.4 Å². The maximum atomic E-state index is 13.4. The van der Waals surface area contributed by atoms with Gasteiger partial charge in [-0.1, -0.05) is 31.2 Å². The zero-order chi connectivity index (χ0) is 28.9. The van der Waals surface area contributed by atoms with E-state index in [2.05, 4.69) is 10.0 Å². The Morgan fingerprint density at radius 2 is 1.93 bits per heavy atom.